The van der Waals surface area contributed by atoms with E-state index in [1.807, 2.05) is 0 Å². The predicted molar refractivity (Wildman–Crippen MR) is 54.3 cm³/mol. The van der Waals surface area contributed by atoms with Crippen molar-refractivity contribution in [1.82, 2.24) is 0 Å². The Labute approximate surface area is 81.8 Å². The Morgan fingerprint density at radius 3 is 2.62 bits per heavy atom. The third-order valence-corrected chi connectivity index (χ3v) is 2.14. The van der Waals surface area contributed by atoms with Gasteiger partial charge >= 0.3 is 0 Å². The van der Waals surface area contributed by atoms with Gasteiger partial charge in [0.1, 0.15) is 0 Å². The van der Waals surface area contributed by atoms with Gasteiger partial charge in [-0.1, -0.05) is 11.6 Å². The lowest BCUT2D eigenvalue weighted by molar-refractivity contribution is 0.607. The van der Waals surface area contributed by atoms with Gasteiger partial charge in [0.05, 0.1) is 17.6 Å². The first-order valence-electron chi connectivity index (χ1n) is 3.41. The van der Waals surface area contributed by atoms with E-state index < -0.39 is 10.0 Å². The molecule has 0 aliphatic rings. The van der Waals surface area contributed by atoms with Crippen molar-refractivity contribution >= 4 is 33.0 Å². The Hall–Kier alpha value is -0.940. The van der Waals surface area contributed by atoms with Crippen molar-refractivity contribution in [3.05, 3.63) is 23.2 Å². The van der Waals surface area contributed by atoms with E-state index in [1.165, 1.54) is 12.1 Å². The van der Waals surface area contributed by atoms with E-state index >= 15 is 0 Å². The Morgan fingerprint density at radius 2 is 2.08 bits per heavy atom. The maximum absolute atomic E-state index is 10.9. The average molecular weight is 221 g/mol. The van der Waals surface area contributed by atoms with Gasteiger partial charge in [0, 0.05) is 5.02 Å². The quantitative estimate of drug-likeness (QED) is 0.738. The molecule has 13 heavy (non-hydrogen) atoms. The zero-order valence-electron chi connectivity index (χ0n) is 6.91. The van der Waals surface area contributed by atoms with Crippen molar-refractivity contribution in [2.24, 2.45) is 0 Å². The molecule has 0 aromatic heterocycles. The smallest absolute Gasteiger partial charge is 0.229 e. The molecule has 72 valence electrons. The van der Waals surface area contributed by atoms with Crippen LogP contribution in [0.3, 0.4) is 0 Å². The largest absolute Gasteiger partial charge is 0.397 e. The predicted octanol–water partition coefficient (Wildman–Crippen LogP) is 1.29. The second kappa shape index (κ2) is 3.43. The van der Waals surface area contributed by atoms with Gasteiger partial charge < -0.3 is 5.73 Å². The molecular formula is C7H9ClN2O2S. The molecule has 0 radical (unpaired) electrons. The maximum atomic E-state index is 10.9. The molecule has 0 atom stereocenters. The molecule has 0 heterocycles. The van der Waals surface area contributed by atoms with Crippen LogP contribution in [0.4, 0.5) is 11.4 Å². The molecule has 6 heteroatoms. The number of rotatable bonds is 2. The molecule has 1 rings (SSSR count). The minimum Gasteiger partial charge on any atom is -0.397 e. The molecule has 0 aliphatic carbocycles. The lowest BCUT2D eigenvalue weighted by atomic mass is 10.3. The van der Waals surface area contributed by atoms with Gasteiger partial charge in [-0.2, -0.15) is 0 Å². The van der Waals surface area contributed by atoms with E-state index in [0.717, 1.165) is 6.26 Å². The van der Waals surface area contributed by atoms with E-state index in [4.69, 9.17) is 17.3 Å². The summed E-state index contributed by atoms with van der Waals surface area (Å²) >= 11 is 5.66. The number of nitrogens with two attached hydrogens (primary N) is 1. The summed E-state index contributed by atoms with van der Waals surface area (Å²) < 4.78 is 24.0. The summed E-state index contributed by atoms with van der Waals surface area (Å²) in [7, 11) is -3.31. The van der Waals surface area contributed by atoms with E-state index in [2.05, 4.69) is 4.72 Å². The van der Waals surface area contributed by atoms with E-state index in [-0.39, 0.29) is 0 Å². The Bertz CT molecular complexity index is 417. The highest BCUT2D eigenvalue weighted by Crippen LogP contribution is 2.23. The molecule has 0 aliphatic heterocycles. The number of benzene rings is 1. The number of hydrogen-bond acceptors (Lipinski definition) is 3. The van der Waals surface area contributed by atoms with E-state index in [0.29, 0.717) is 16.4 Å². The number of nitrogens with one attached hydrogen (secondary N) is 1. The molecular weight excluding hydrogens is 212 g/mol. The second-order valence-electron chi connectivity index (χ2n) is 2.61. The fourth-order valence-electron chi connectivity index (χ4n) is 0.817. The Morgan fingerprint density at radius 1 is 1.46 bits per heavy atom. The van der Waals surface area contributed by atoms with Crippen LogP contribution in [0.5, 0.6) is 0 Å². The van der Waals surface area contributed by atoms with Crippen LogP contribution in [-0.2, 0) is 10.0 Å². The summed E-state index contributed by atoms with van der Waals surface area (Å²) in [5, 5.41) is 0.431. The molecule has 0 amide bonds. The van der Waals surface area contributed by atoms with Crippen LogP contribution in [0.25, 0.3) is 0 Å². The third-order valence-electron chi connectivity index (χ3n) is 1.31. The summed E-state index contributed by atoms with van der Waals surface area (Å²) in [6.45, 7) is 0. The van der Waals surface area contributed by atoms with Crippen molar-refractivity contribution in [2.45, 2.75) is 0 Å². The van der Waals surface area contributed by atoms with Crippen LogP contribution in [0.2, 0.25) is 5.02 Å². The van der Waals surface area contributed by atoms with E-state index in [1.54, 1.807) is 6.07 Å². The van der Waals surface area contributed by atoms with Crippen LogP contribution in [0.1, 0.15) is 0 Å². The van der Waals surface area contributed by atoms with Crippen LogP contribution < -0.4 is 10.5 Å². The van der Waals surface area contributed by atoms with Crippen molar-refractivity contribution in [1.29, 1.82) is 0 Å². The number of anilines is 2. The van der Waals surface area contributed by atoms with Crippen LogP contribution >= 0.6 is 11.6 Å². The maximum Gasteiger partial charge on any atom is 0.229 e. The van der Waals surface area contributed by atoms with Crippen LogP contribution in [0.15, 0.2) is 18.2 Å². The number of halogens is 1. The fourth-order valence-corrected chi connectivity index (χ4v) is 1.56. The van der Waals surface area contributed by atoms with Crippen molar-refractivity contribution in [2.75, 3.05) is 16.7 Å². The highest BCUT2D eigenvalue weighted by Gasteiger charge is 2.05. The normalized spacial score (nSPS) is 11.2. The second-order valence-corrected chi connectivity index (χ2v) is 4.79. The Balaban J connectivity index is 3.08. The highest BCUT2D eigenvalue weighted by molar-refractivity contribution is 7.92. The highest BCUT2D eigenvalue weighted by atomic mass is 35.5. The van der Waals surface area contributed by atoms with Crippen LogP contribution in [0, 0.1) is 0 Å². The molecule has 0 spiro atoms. The zero-order chi connectivity index (χ0) is 10.1. The van der Waals surface area contributed by atoms with Gasteiger partial charge in [-0.15, -0.1) is 0 Å². The lowest BCUT2D eigenvalue weighted by Crippen LogP contribution is -2.11. The first kappa shape index (κ1) is 10.1. The minimum absolute atomic E-state index is 0.301. The molecule has 1 aromatic carbocycles. The van der Waals surface area contributed by atoms with Crippen molar-refractivity contribution < 1.29 is 8.42 Å². The summed E-state index contributed by atoms with van der Waals surface area (Å²) in [6.07, 6.45) is 1.05. The Kier molecular flexibility index (Phi) is 2.68. The first-order chi connectivity index (χ1) is 5.88. The lowest BCUT2D eigenvalue weighted by Gasteiger charge is -2.06. The van der Waals surface area contributed by atoms with Crippen LogP contribution in [-0.4, -0.2) is 14.7 Å². The first-order valence-corrected chi connectivity index (χ1v) is 5.68. The van der Waals surface area contributed by atoms with Gasteiger partial charge in [0.15, 0.2) is 0 Å². The fraction of sp³-hybridized carbons (Fsp3) is 0.143. The van der Waals surface area contributed by atoms with Gasteiger partial charge in [-0.05, 0) is 18.2 Å². The molecule has 0 bridgehead atoms. The molecule has 1 aromatic rings. The van der Waals surface area contributed by atoms with Gasteiger partial charge in [0.25, 0.3) is 0 Å². The average Bonchev–Trinajstić information content (AvgIpc) is 1.94. The molecule has 4 nitrogen and oxygen atoms in total. The molecule has 0 fully saturated rings. The van der Waals surface area contributed by atoms with Gasteiger partial charge in [-0.3, -0.25) is 4.72 Å². The molecule has 0 unspecified atom stereocenters. The summed E-state index contributed by atoms with van der Waals surface area (Å²) in [4.78, 5) is 0. The standard InChI is InChI=1S/C7H9ClN2O2S/c1-13(11,12)10-7-4-5(8)2-3-6(7)9/h2-4,10H,9H2,1H3. The number of hydrogen-bond donors (Lipinski definition) is 2. The monoisotopic (exact) mass is 220 g/mol. The van der Waals surface area contributed by atoms with Crippen molar-refractivity contribution in [3.63, 3.8) is 0 Å². The number of nitrogen functional groups attached to an aromatic ring is 1. The van der Waals surface area contributed by atoms with Gasteiger partial charge in [-0.25, -0.2) is 8.42 Å². The third kappa shape index (κ3) is 3.12. The van der Waals surface area contributed by atoms with E-state index in [9.17, 15) is 8.42 Å². The SMILES string of the molecule is CS(=O)(=O)Nc1cc(Cl)ccc1N. The molecule has 0 saturated carbocycles. The molecule has 0 saturated heterocycles. The zero-order valence-corrected chi connectivity index (χ0v) is 8.48. The minimum atomic E-state index is -3.31. The van der Waals surface area contributed by atoms with Gasteiger partial charge in [0.2, 0.25) is 10.0 Å². The molecule has 3 N–H and O–H groups in total. The van der Waals surface area contributed by atoms with Crippen molar-refractivity contribution in [3.8, 4) is 0 Å². The summed E-state index contributed by atoms with van der Waals surface area (Å²) in [6, 6.07) is 4.58. The summed E-state index contributed by atoms with van der Waals surface area (Å²) in [5.74, 6) is 0. The topological polar surface area (TPSA) is 72.2 Å². The summed E-state index contributed by atoms with van der Waals surface area (Å²) in [5.41, 5.74) is 6.15. The number of sulfonamides is 1.